The molecular formula is C16H18O6. The molecule has 1 aromatic rings. The number of cyclic esters (lactones) is 2. The quantitative estimate of drug-likeness (QED) is 0.611. The van der Waals surface area contributed by atoms with Gasteiger partial charge in [0.2, 0.25) is 0 Å². The van der Waals surface area contributed by atoms with E-state index in [1.807, 2.05) is 30.3 Å². The van der Waals surface area contributed by atoms with E-state index in [0.29, 0.717) is 0 Å². The van der Waals surface area contributed by atoms with Gasteiger partial charge in [-0.15, -0.1) is 0 Å². The zero-order chi connectivity index (χ0) is 16.2. The Balaban J connectivity index is 1.79. The third-order valence-corrected chi connectivity index (χ3v) is 3.14. The average molecular weight is 306 g/mol. The summed E-state index contributed by atoms with van der Waals surface area (Å²) >= 11 is 0. The maximum atomic E-state index is 11.7. The van der Waals surface area contributed by atoms with Crippen molar-refractivity contribution in [3.05, 3.63) is 35.9 Å². The van der Waals surface area contributed by atoms with Crippen LogP contribution < -0.4 is 0 Å². The number of hydrogen-bond donors (Lipinski definition) is 0. The van der Waals surface area contributed by atoms with Crippen LogP contribution in [0.3, 0.4) is 0 Å². The molecule has 0 N–H and O–H groups in total. The molecule has 0 radical (unpaired) electrons. The summed E-state index contributed by atoms with van der Waals surface area (Å²) in [4.78, 5) is 35.1. The number of rotatable bonds is 5. The smallest absolute Gasteiger partial charge is 0.323 e. The number of hydrogen-bond acceptors (Lipinski definition) is 6. The van der Waals surface area contributed by atoms with Gasteiger partial charge in [0.25, 0.3) is 5.79 Å². The van der Waals surface area contributed by atoms with Crippen molar-refractivity contribution in [3.63, 3.8) is 0 Å². The minimum Gasteiger partial charge on any atom is -0.461 e. The van der Waals surface area contributed by atoms with Crippen molar-refractivity contribution in [2.75, 3.05) is 0 Å². The molecule has 0 atom stereocenters. The fourth-order valence-electron chi connectivity index (χ4n) is 2.05. The zero-order valence-electron chi connectivity index (χ0n) is 12.5. The van der Waals surface area contributed by atoms with E-state index >= 15 is 0 Å². The summed E-state index contributed by atoms with van der Waals surface area (Å²) in [5.41, 5.74) is 0.870. The third kappa shape index (κ3) is 4.31. The molecule has 1 heterocycles. The molecule has 1 fully saturated rings. The third-order valence-electron chi connectivity index (χ3n) is 3.14. The zero-order valence-corrected chi connectivity index (χ0v) is 12.5. The summed E-state index contributed by atoms with van der Waals surface area (Å²) in [5.74, 6) is -4.14. The highest BCUT2D eigenvalue weighted by atomic mass is 16.7. The molecule has 0 bridgehead atoms. The van der Waals surface area contributed by atoms with Gasteiger partial charge in [0, 0.05) is 20.3 Å². The lowest BCUT2D eigenvalue weighted by Crippen LogP contribution is -2.46. The van der Waals surface area contributed by atoms with E-state index in [-0.39, 0.29) is 19.4 Å². The molecule has 2 rings (SSSR count). The topological polar surface area (TPSA) is 78.9 Å². The Bertz CT molecular complexity index is 543. The molecule has 0 saturated carbocycles. The predicted octanol–water partition coefficient (Wildman–Crippen LogP) is 1.96. The molecule has 0 amide bonds. The first kappa shape index (κ1) is 16.0. The minimum atomic E-state index is -1.25. The van der Waals surface area contributed by atoms with Crippen molar-refractivity contribution in [3.8, 4) is 0 Å². The predicted molar refractivity (Wildman–Crippen MR) is 75.2 cm³/mol. The van der Waals surface area contributed by atoms with Gasteiger partial charge < -0.3 is 14.2 Å². The monoisotopic (exact) mass is 306 g/mol. The molecule has 1 aliphatic heterocycles. The van der Waals surface area contributed by atoms with E-state index in [2.05, 4.69) is 0 Å². The largest absolute Gasteiger partial charge is 0.461 e. The highest BCUT2D eigenvalue weighted by Gasteiger charge is 2.43. The van der Waals surface area contributed by atoms with Crippen LogP contribution in [-0.4, -0.2) is 23.7 Å². The number of carbonyl (C=O) groups excluding carboxylic acids is 3. The van der Waals surface area contributed by atoms with Gasteiger partial charge in [-0.05, 0) is 12.0 Å². The molecule has 0 aromatic heterocycles. The summed E-state index contributed by atoms with van der Waals surface area (Å²) in [6.07, 6.45) is -0.0382. The lowest BCUT2D eigenvalue weighted by Gasteiger charge is -2.32. The van der Waals surface area contributed by atoms with Crippen molar-refractivity contribution in [2.24, 2.45) is 5.92 Å². The van der Waals surface area contributed by atoms with E-state index in [1.165, 1.54) is 13.8 Å². The van der Waals surface area contributed by atoms with Gasteiger partial charge in [0.05, 0.1) is 0 Å². The Hall–Kier alpha value is -2.37. The van der Waals surface area contributed by atoms with Crippen LogP contribution in [0, 0.1) is 5.92 Å². The van der Waals surface area contributed by atoms with Crippen molar-refractivity contribution in [1.82, 2.24) is 0 Å². The van der Waals surface area contributed by atoms with Gasteiger partial charge >= 0.3 is 17.9 Å². The molecule has 0 spiro atoms. The standard InChI is InChI=1S/C16H18O6/c1-16(2)21-14(18)12(15(19)22-16)8-9-13(17)20-10-11-6-4-3-5-7-11/h3-7,12H,8-10H2,1-2H3. The first-order valence-electron chi connectivity index (χ1n) is 7.03. The molecular weight excluding hydrogens is 288 g/mol. The molecule has 118 valence electrons. The summed E-state index contributed by atoms with van der Waals surface area (Å²) < 4.78 is 15.1. The Kier molecular flexibility index (Phi) is 4.80. The lowest BCUT2D eigenvalue weighted by atomic mass is 10.0. The van der Waals surface area contributed by atoms with Crippen LogP contribution in [0.1, 0.15) is 32.3 Å². The van der Waals surface area contributed by atoms with E-state index < -0.39 is 29.6 Å². The van der Waals surface area contributed by atoms with Crippen LogP contribution in [0.5, 0.6) is 0 Å². The fraction of sp³-hybridized carbons (Fsp3) is 0.438. The Morgan fingerprint density at radius 2 is 1.73 bits per heavy atom. The van der Waals surface area contributed by atoms with Crippen LogP contribution in [0.4, 0.5) is 0 Å². The summed E-state index contributed by atoms with van der Waals surface area (Å²) in [6, 6.07) is 9.24. The molecule has 1 aromatic carbocycles. The Morgan fingerprint density at radius 3 is 2.32 bits per heavy atom. The second-order valence-electron chi connectivity index (χ2n) is 5.48. The van der Waals surface area contributed by atoms with Crippen LogP contribution in [-0.2, 0) is 35.2 Å². The van der Waals surface area contributed by atoms with Gasteiger partial charge in [-0.25, -0.2) is 0 Å². The summed E-state index contributed by atoms with van der Waals surface area (Å²) in [5, 5.41) is 0. The van der Waals surface area contributed by atoms with Gasteiger partial charge in [-0.3, -0.25) is 14.4 Å². The molecule has 0 aliphatic carbocycles. The van der Waals surface area contributed by atoms with Crippen molar-refractivity contribution < 1.29 is 28.6 Å². The molecule has 0 unspecified atom stereocenters. The SMILES string of the molecule is CC1(C)OC(=O)C(CCC(=O)OCc2ccccc2)C(=O)O1. The number of benzene rings is 1. The van der Waals surface area contributed by atoms with Crippen LogP contribution in [0.2, 0.25) is 0 Å². The lowest BCUT2D eigenvalue weighted by molar-refractivity contribution is -0.240. The first-order valence-corrected chi connectivity index (χ1v) is 7.03. The van der Waals surface area contributed by atoms with Gasteiger partial charge in [-0.2, -0.15) is 0 Å². The molecule has 6 nitrogen and oxygen atoms in total. The fourth-order valence-corrected chi connectivity index (χ4v) is 2.05. The summed E-state index contributed by atoms with van der Waals surface area (Å²) in [6.45, 7) is 3.12. The average Bonchev–Trinajstić information content (AvgIpc) is 2.44. The van der Waals surface area contributed by atoms with E-state index in [9.17, 15) is 14.4 Å². The minimum absolute atomic E-state index is 0.0152. The number of esters is 3. The molecule has 1 aliphatic rings. The normalized spacial score (nSPS) is 17.5. The van der Waals surface area contributed by atoms with Gasteiger partial charge in [0.1, 0.15) is 6.61 Å². The van der Waals surface area contributed by atoms with Crippen molar-refractivity contribution in [1.29, 1.82) is 0 Å². The second-order valence-corrected chi connectivity index (χ2v) is 5.48. The van der Waals surface area contributed by atoms with Crippen LogP contribution in [0.25, 0.3) is 0 Å². The maximum absolute atomic E-state index is 11.7. The van der Waals surface area contributed by atoms with Gasteiger partial charge in [-0.1, -0.05) is 30.3 Å². The van der Waals surface area contributed by atoms with Gasteiger partial charge in [0.15, 0.2) is 5.92 Å². The van der Waals surface area contributed by atoms with E-state index in [0.717, 1.165) is 5.56 Å². The molecule has 6 heteroatoms. The molecule has 1 saturated heterocycles. The number of carbonyl (C=O) groups is 3. The maximum Gasteiger partial charge on any atom is 0.323 e. The van der Waals surface area contributed by atoms with Crippen molar-refractivity contribution in [2.45, 2.75) is 39.1 Å². The Labute approximate surface area is 128 Å². The van der Waals surface area contributed by atoms with E-state index in [4.69, 9.17) is 14.2 Å². The highest BCUT2D eigenvalue weighted by Crippen LogP contribution is 2.25. The molecule has 22 heavy (non-hydrogen) atoms. The van der Waals surface area contributed by atoms with E-state index in [1.54, 1.807) is 0 Å². The second kappa shape index (κ2) is 6.60. The van der Waals surface area contributed by atoms with Crippen LogP contribution >= 0.6 is 0 Å². The van der Waals surface area contributed by atoms with Crippen LogP contribution in [0.15, 0.2) is 30.3 Å². The number of ether oxygens (including phenoxy) is 3. The first-order chi connectivity index (χ1) is 10.4. The summed E-state index contributed by atoms with van der Waals surface area (Å²) in [7, 11) is 0. The highest BCUT2D eigenvalue weighted by molar-refractivity contribution is 5.97. The van der Waals surface area contributed by atoms with Crippen molar-refractivity contribution >= 4 is 17.9 Å². The Morgan fingerprint density at radius 1 is 1.14 bits per heavy atom.